The van der Waals surface area contributed by atoms with E-state index in [4.69, 9.17) is 0 Å². The summed E-state index contributed by atoms with van der Waals surface area (Å²) in [6, 6.07) is 11.0. The normalized spacial score (nSPS) is 24.1. The maximum Gasteiger partial charge on any atom is 0.307 e. The molecule has 2 heterocycles. The molecule has 2 aromatic carbocycles. The molecule has 0 bridgehead atoms. The van der Waals surface area contributed by atoms with Crippen molar-refractivity contribution in [3.05, 3.63) is 64.7 Å². The Kier molecular flexibility index (Phi) is 5.15. The molecule has 2 N–H and O–H groups in total. The number of fused-ring (bicyclic) bond motifs is 2. The second-order valence-electron chi connectivity index (χ2n) is 8.89. The highest BCUT2D eigenvalue weighted by Crippen LogP contribution is 2.40. The number of carbonyl (C=O) groups is 4. The zero-order chi connectivity index (χ0) is 23.3. The van der Waals surface area contributed by atoms with Crippen molar-refractivity contribution >= 4 is 23.7 Å². The number of hydrogen-bond acceptors (Lipinski definition) is 5. The van der Waals surface area contributed by atoms with Crippen LogP contribution >= 0.6 is 0 Å². The largest absolute Gasteiger partial charge is 0.508 e. The summed E-state index contributed by atoms with van der Waals surface area (Å²) < 4.78 is 0. The fraction of sp³-hybridized carbons (Fsp3) is 0.360. The van der Waals surface area contributed by atoms with Crippen LogP contribution in [-0.4, -0.2) is 56.8 Å². The number of aromatic hydroxyl groups is 1. The maximum atomic E-state index is 13.6. The van der Waals surface area contributed by atoms with Crippen molar-refractivity contribution in [3.63, 3.8) is 0 Å². The van der Waals surface area contributed by atoms with Gasteiger partial charge in [0.25, 0.3) is 11.8 Å². The molecule has 1 saturated carbocycles. The van der Waals surface area contributed by atoms with Crippen LogP contribution in [0.3, 0.4) is 0 Å². The van der Waals surface area contributed by atoms with Crippen LogP contribution in [0.15, 0.2) is 42.5 Å². The van der Waals surface area contributed by atoms with E-state index in [-0.39, 0.29) is 24.7 Å². The number of amides is 3. The first-order valence-electron chi connectivity index (χ1n) is 11.2. The van der Waals surface area contributed by atoms with E-state index in [2.05, 4.69) is 0 Å². The van der Waals surface area contributed by atoms with Gasteiger partial charge in [0.05, 0.1) is 35.5 Å². The molecule has 0 spiro atoms. The fourth-order valence-corrected chi connectivity index (χ4v) is 5.54. The van der Waals surface area contributed by atoms with E-state index in [0.29, 0.717) is 47.9 Å². The molecule has 0 unspecified atom stereocenters. The molecule has 1 aliphatic carbocycles. The van der Waals surface area contributed by atoms with Crippen LogP contribution in [0.4, 0.5) is 0 Å². The number of phenolic OH excluding ortho intramolecular Hbond substituents is 1. The second-order valence-corrected chi connectivity index (χ2v) is 8.89. The van der Waals surface area contributed by atoms with Crippen molar-refractivity contribution in [1.82, 2.24) is 9.80 Å². The van der Waals surface area contributed by atoms with Crippen LogP contribution < -0.4 is 0 Å². The molecule has 170 valence electrons. The molecular formula is C25H24N2O6. The average molecular weight is 448 g/mol. The Morgan fingerprint density at radius 1 is 0.939 bits per heavy atom. The highest BCUT2D eigenvalue weighted by atomic mass is 16.4. The van der Waals surface area contributed by atoms with Crippen LogP contribution in [0.1, 0.15) is 57.1 Å². The number of nitrogens with zero attached hydrogens (tertiary/aromatic N) is 2. The summed E-state index contributed by atoms with van der Waals surface area (Å²) in [5.41, 5.74) is 2.02. The zero-order valence-electron chi connectivity index (χ0n) is 17.9. The lowest BCUT2D eigenvalue weighted by atomic mass is 9.88. The van der Waals surface area contributed by atoms with Gasteiger partial charge in [0.15, 0.2) is 0 Å². The summed E-state index contributed by atoms with van der Waals surface area (Å²) in [6.07, 6.45) is 2.04. The molecule has 8 heteroatoms. The predicted molar refractivity (Wildman–Crippen MR) is 117 cm³/mol. The highest BCUT2D eigenvalue weighted by molar-refractivity contribution is 6.21. The summed E-state index contributed by atoms with van der Waals surface area (Å²) in [5, 5.41) is 20.0. The molecule has 8 nitrogen and oxygen atoms in total. The molecule has 33 heavy (non-hydrogen) atoms. The Hall–Kier alpha value is -3.68. The SMILES string of the molecule is O=C(O)[C@H]1CCC[C@H]1C(=O)N1CCc2c(O)cccc2[C@H]1CN1C(=O)c2ccccc2C1=O. The number of aliphatic carboxylic acids is 1. The number of rotatable bonds is 4. The third-order valence-corrected chi connectivity index (χ3v) is 7.19. The molecule has 3 aliphatic rings. The Morgan fingerprint density at radius 2 is 1.61 bits per heavy atom. The van der Waals surface area contributed by atoms with Crippen LogP contribution in [-0.2, 0) is 16.0 Å². The van der Waals surface area contributed by atoms with E-state index in [0.717, 1.165) is 4.90 Å². The van der Waals surface area contributed by atoms with Crippen molar-refractivity contribution < 1.29 is 29.4 Å². The van der Waals surface area contributed by atoms with E-state index in [9.17, 15) is 29.4 Å². The molecule has 2 aliphatic heterocycles. The van der Waals surface area contributed by atoms with Crippen LogP contribution in [0.5, 0.6) is 5.75 Å². The minimum absolute atomic E-state index is 0.0565. The van der Waals surface area contributed by atoms with Crippen molar-refractivity contribution in [2.75, 3.05) is 13.1 Å². The number of carboxylic acids is 1. The summed E-state index contributed by atoms with van der Waals surface area (Å²) in [5.74, 6) is -3.34. The number of hydrogen-bond donors (Lipinski definition) is 2. The summed E-state index contributed by atoms with van der Waals surface area (Å²) in [7, 11) is 0. The first kappa shape index (κ1) is 21.2. The van der Waals surface area contributed by atoms with Crippen LogP contribution in [0.25, 0.3) is 0 Å². The minimum atomic E-state index is -0.974. The Labute approximate surface area is 190 Å². The Bertz CT molecular complexity index is 1140. The van der Waals surface area contributed by atoms with Gasteiger partial charge < -0.3 is 15.1 Å². The summed E-state index contributed by atoms with van der Waals surface area (Å²) in [6.45, 7) is 0.221. The number of imide groups is 1. The standard InChI is InChI=1S/C25H24N2O6/c28-21-10-4-7-14-15(21)11-12-26(22(29)18-8-3-9-19(18)25(32)33)20(14)13-27-23(30)16-5-1-2-6-17(16)24(27)31/h1-2,4-7,10,18-20,28H,3,8-9,11-13H2,(H,32,33)/t18-,19+,20-/m1/s1. The van der Waals surface area contributed by atoms with Gasteiger partial charge in [-0.3, -0.25) is 24.1 Å². The summed E-state index contributed by atoms with van der Waals surface area (Å²) in [4.78, 5) is 54.1. The van der Waals surface area contributed by atoms with E-state index in [1.54, 1.807) is 47.4 Å². The fourth-order valence-electron chi connectivity index (χ4n) is 5.54. The molecule has 3 amide bonds. The average Bonchev–Trinajstić information content (AvgIpc) is 3.39. The van der Waals surface area contributed by atoms with Crippen molar-refractivity contribution in [2.45, 2.75) is 31.7 Å². The van der Waals surface area contributed by atoms with E-state index >= 15 is 0 Å². The quantitative estimate of drug-likeness (QED) is 0.695. The topological polar surface area (TPSA) is 115 Å². The summed E-state index contributed by atoms with van der Waals surface area (Å²) >= 11 is 0. The van der Waals surface area contributed by atoms with Crippen molar-refractivity contribution in [1.29, 1.82) is 0 Å². The second kappa shape index (κ2) is 8.03. The van der Waals surface area contributed by atoms with E-state index in [1.807, 2.05) is 0 Å². The zero-order valence-corrected chi connectivity index (χ0v) is 17.9. The number of benzene rings is 2. The predicted octanol–water partition coefficient (Wildman–Crippen LogP) is 2.62. The molecule has 0 radical (unpaired) electrons. The van der Waals surface area contributed by atoms with E-state index < -0.39 is 35.7 Å². The van der Waals surface area contributed by atoms with Gasteiger partial charge in [-0.1, -0.05) is 30.7 Å². The number of phenols is 1. The number of carbonyl (C=O) groups excluding carboxylic acids is 3. The Balaban J connectivity index is 1.51. The highest BCUT2D eigenvalue weighted by Gasteiger charge is 2.45. The monoisotopic (exact) mass is 448 g/mol. The molecule has 2 aromatic rings. The van der Waals surface area contributed by atoms with Gasteiger partial charge in [-0.15, -0.1) is 0 Å². The lowest BCUT2D eigenvalue weighted by Gasteiger charge is -2.40. The minimum Gasteiger partial charge on any atom is -0.508 e. The van der Waals surface area contributed by atoms with Gasteiger partial charge in [-0.05, 0) is 43.0 Å². The third kappa shape index (κ3) is 3.37. The first-order chi connectivity index (χ1) is 15.9. The van der Waals surface area contributed by atoms with E-state index in [1.165, 1.54) is 0 Å². The molecule has 3 atom stereocenters. The number of carboxylic acid groups (broad SMARTS) is 1. The van der Waals surface area contributed by atoms with Gasteiger partial charge in [0.2, 0.25) is 5.91 Å². The van der Waals surface area contributed by atoms with Gasteiger partial charge in [-0.2, -0.15) is 0 Å². The van der Waals surface area contributed by atoms with Crippen LogP contribution in [0.2, 0.25) is 0 Å². The van der Waals surface area contributed by atoms with Crippen LogP contribution in [0, 0.1) is 11.8 Å². The smallest absolute Gasteiger partial charge is 0.307 e. The van der Waals surface area contributed by atoms with Crippen molar-refractivity contribution in [3.8, 4) is 5.75 Å². The van der Waals surface area contributed by atoms with Gasteiger partial charge in [0, 0.05) is 12.1 Å². The van der Waals surface area contributed by atoms with Gasteiger partial charge in [0.1, 0.15) is 5.75 Å². The molecule has 0 saturated heterocycles. The van der Waals surface area contributed by atoms with Gasteiger partial charge in [-0.25, -0.2) is 0 Å². The molecule has 0 aromatic heterocycles. The maximum absolute atomic E-state index is 13.6. The lowest BCUT2D eigenvalue weighted by molar-refractivity contribution is -0.150. The molecule has 5 rings (SSSR count). The third-order valence-electron chi connectivity index (χ3n) is 7.19. The Morgan fingerprint density at radius 3 is 2.27 bits per heavy atom. The first-order valence-corrected chi connectivity index (χ1v) is 11.2. The lowest BCUT2D eigenvalue weighted by Crippen LogP contribution is -2.49. The van der Waals surface area contributed by atoms with Gasteiger partial charge >= 0.3 is 5.97 Å². The molecular weight excluding hydrogens is 424 g/mol. The van der Waals surface area contributed by atoms with Crippen molar-refractivity contribution in [2.24, 2.45) is 11.8 Å². The molecule has 1 fully saturated rings.